The van der Waals surface area contributed by atoms with Crippen LogP contribution in [-0.4, -0.2) is 29.3 Å². The van der Waals surface area contributed by atoms with Crippen LogP contribution in [-0.2, 0) is 14.4 Å². The quantitative estimate of drug-likeness (QED) is 0.390. The maximum absolute atomic E-state index is 10.5. The molecule has 0 saturated carbocycles. The minimum Gasteiger partial charge on any atom is -0.366 e. The Morgan fingerprint density at radius 3 is 2.56 bits per heavy atom. The van der Waals surface area contributed by atoms with Gasteiger partial charge in [0.1, 0.15) is 6.26 Å². The van der Waals surface area contributed by atoms with Crippen molar-refractivity contribution in [1.82, 2.24) is 5.17 Å². The highest BCUT2D eigenvalue weighted by molar-refractivity contribution is 5.70. The second kappa shape index (κ2) is 7.17. The van der Waals surface area contributed by atoms with Gasteiger partial charge in [-0.15, -0.1) is 15.1 Å². The van der Waals surface area contributed by atoms with Gasteiger partial charge >= 0.3 is 0 Å². The van der Waals surface area contributed by atoms with Gasteiger partial charge in [0.25, 0.3) is 5.79 Å². The van der Waals surface area contributed by atoms with E-state index in [1.807, 2.05) is 6.92 Å². The number of rotatable bonds is 7. The molecule has 0 aromatic carbocycles. The normalized spacial score (nSPS) is 16.2. The monoisotopic (exact) mass is 250 g/mol. The number of allylic oxidation sites excluding steroid dienone is 1. The number of hydroxylamine groups is 1. The minimum atomic E-state index is -1.51. The first kappa shape index (κ1) is 13.8. The molecular weight excluding hydrogens is 236 g/mol. The molecule has 7 nitrogen and oxygen atoms in total. The predicted octanol–water partition coefficient (Wildman–Crippen LogP) is 1.64. The molecule has 0 aromatic rings. The number of carbonyl (C=O) groups excluding carboxylic acids is 2. The highest BCUT2D eigenvalue weighted by Crippen LogP contribution is 2.27. The summed E-state index contributed by atoms with van der Waals surface area (Å²) in [6.45, 7) is 2.03. The molecule has 0 fully saturated rings. The molecule has 1 aliphatic heterocycles. The Hall–Kier alpha value is -2.23. The van der Waals surface area contributed by atoms with E-state index in [9.17, 15) is 9.59 Å². The van der Waals surface area contributed by atoms with Crippen molar-refractivity contribution in [2.45, 2.75) is 38.4 Å². The van der Waals surface area contributed by atoms with Crippen LogP contribution >= 0.6 is 0 Å². The molecule has 7 heteroatoms. The summed E-state index contributed by atoms with van der Waals surface area (Å²) in [5.41, 5.74) is 0. The molecule has 18 heavy (non-hydrogen) atoms. The molecule has 96 valence electrons. The van der Waals surface area contributed by atoms with Crippen LogP contribution in [0.25, 0.3) is 0 Å². The fraction of sp³-hybridized carbons (Fsp3) is 0.545. The van der Waals surface area contributed by atoms with Crippen molar-refractivity contribution in [2.24, 2.45) is 15.1 Å². The second-order valence-corrected chi connectivity index (χ2v) is 3.61. The zero-order valence-corrected chi connectivity index (χ0v) is 10.1. The summed E-state index contributed by atoms with van der Waals surface area (Å²) in [7, 11) is 0. The minimum absolute atomic E-state index is 0.316. The van der Waals surface area contributed by atoms with Gasteiger partial charge < -0.3 is 4.84 Å². The lowest BCUT2D eigenvalue weighted by Gasteiger charge is -2.31. The van der Waals surface area contributed by atoms with Gasteiger partial charge in [0.2, 0.25) is 12.2 Å². The lowest BCUT2D eigenvalue weighted by molar-refractivity contribution is -0.181. The third kappa shape index (κ3) is 3.38. The van der Waals surface area contributed by atoms with Crippen molar-refractivity contribution >= 4 is 18.4 Å². The molecule has 1 aliphatic rings. The molecule has 0 bridgehead atoms. The Kier molecular flexibility index (Phi) is 5.51. The summed E-state index contributed by atoms with van der Waals surface area (Å²) in [6.07, 6.45) is 10.1. The van der Waals surface area contributed by atoms with E-state index < -0.39 is 5.79 Å². The highest BCUT2D eigenvalue weighted by atomic mass is 16.7. The van der Waals surface area contributed by atoms with Gasteiger partial charge in [-0.25, -0.2) is 9.59 Å². The fourth-order valence-electron chi connectivity index (χ4n) is 1.51. The van der Waals surface area contributed by atoms with Gasteiger partial charge in [-0.3, -0.25) is 0 Å². The number of aliphatic imine (C=N–C) groups is 2. The average molecular weight is 250 g/mol. The van der Waals surface area contributed by atoms with Gasteiger partial charge in [0.15, 0.2) is 0 Å². The third-order valence-corrected chi connectivity index (χ3v) is 2.37. The molecule has 0 aliphatic carbocycles. The topological polar surface area (TPSA) is 83.7 Å². The SMILES string of the molecule is CCCCCC(N=C=O)(N=C=O)N1N=CC=CO1. The van der Waals surface area contributed by atoms with Crippen LogP contribution in [0.3, 0.4) is 0 Å². The van der Waals surface area contributed by atoms with Gasteiger partial charge in [0, 0.05) is 6.42 Å². The van der Waals surface area contributed by atoms with Crippen LogP contribution in [0.5, 0.6) is 0 Å². The number of hydrazone groups is 1. The Labute approximate surface area is 104 Å². The summed E-state index contributed by atoms with van der Waals surface area (Å²) in [4.78, 5) is 33.3. The van der Waals surface area contributed by atoms with Gasteiger partial charge in [-0.05, 0) is 12.5 Å². The summed E-state index contributed by atoms with van der Waals surface area (Å²) < 4.78 is 0. The zero-order valence-electron chi connectivity index (χ0n) is 10.1. The predicted molar refractivity (Wildman–Crippen MR) is 63.7 cm³/mol. The van der Waals surface area contributed by atoms with E-state index in [0.29, 0.717) is 12.8 Å². The zero-order chi connectivity index (χ0) is 13.3. The first-order chi connectivity index (χ1) is 8.79. The number of unbranched alkanes of at least 4 members (excludes halogenated alkanes) is 2. The Morgan fingerprint density at radius 1 is 1.33 bits per heavy atom. The summed E-state index contributed by atoms with van der Waals surface area (Å²) in [6, 6.07) is 0. The maximum atomic E-state index is 10.5. The van der Waals surface area contributed by atoms with Crippen molar-refractivity contribution in [1.29, 1.82) is 0 Å². The van der Waals surface area contributed by atoms with Crippen LogP contribution < -0.4 is 0 Å². The lowest BCUT2D eigenvalue weighted by Crippen LogP contribution is -2.42. The standard InChI is InChI=1S/C11H14N4O3/c1-2-3-4-6-11(12-9-16,13-10-17)15-14-7-5-8-18-15/h5,7-8H,2-4,6H2,1H3. The van der Waals surface area contributed by atoms with E-state index in [1.165, 1.54) is 24.6 Å². The number of isocyanates is 2. The molecule has 0 saturated heterocycles. The molecule has 0 aromatic heterocycles. The van der Waals surface area contributed by atoms with Gasteiger partial charge in [-0.1, -0.05) is 24.9 Å². The average Bonchev–Trinajstić information content (AvgIpc) is 2.40. The Balaban J connectivity index is 2.96. The van der Waals surface area contributed by atoms with Crippen molar-refractivity contribution in [2.75, 3.05) is 0 Å². The Bertz CT molecular complexity index is 402. The van der Waals surface area contributed by atoms with E-state index >= 15 is 0 Å². The maximum Gasteiger partial charge on any atom is 0.299 e. The van der Waals surface area contributed by atoms with E-state index in [-0.39, 0.29) is 0 Å². The first-order valence-electron chi connectivity index (χ1n) is 5.63. The van der Waals surface area contributed by atoms with Gasteiger partial charge in [-0.2, -0.15) is 0 Å². The van der Waals surface area contributed by atoms with Crippen LogP contribution in [0, 0.1) is 0 Å². The first-order valence-corrected chi connectivity index (χ1v) is 5.63. The van der Waals surface area contributed by atoms with Crippen molar-refractivity contribution in [3.63, 3.8) is 0 Å². The summed E-state index contributed by atoms with van der Waals surface area (Å²) in [5, 5.41) is 4.87. The third-order valence-electron chi connectivity index (χ3n) is 2.37. The molecule has 0 spiro atoms. The molecule has 0 radical (unpaired) electrons. The molecule has 0 amide bonds. The highest BCUT2D eigenvalue weighted by Gasteiger charge is 2.38. The van der Waals surface area contributed by atoms with Crippen LogP contribution in [0.2, 0.25) is 0 Å². The van der Waals surface area contributed by atoms with E-state index in [2.05, 4.69) is 15.1 Å². The molecular formula is C11H14N4O3. The number of nitrogens with zero attached hydrogens (tertiary/aromatic N) is 4. The molecule has 0 N–H and O–H groups in total. The Morgan fingerprint density at radius 2 is 2.06 bits per heavy atom. The largest absolute Gasteiger partial charge is 0.366 e. The van der Waals surface area contributed by atoms with Crippen molar-refractivity contribution in [3.05, 3.63) is 12.3 Å². The van der Waals surface area contributed by atoms with Crippen LogP contribution in [0.15, 0.2) is 27.4 Å². The molecule has 1 rings (SSSR count). The lowest BCUT2D eigenvalue weighted by atomic mass is 10.1. The second-order valence-electron chi connectivity index (χ2n) is 3.61. The van der Waals surface area contributed by atoms with Crippen molar-refractivity contribution < 1.29 is 14.4 Å². The summed E-state index contributed by atoms with van der Waals surface area (Å²) in [5.74, 6) is -1.51. The van der Waals surface area contributed by atoms with Crippen LogP contribution in [0.4, 0.5) is 0 Å². The molecule has 1 heterocycles. The smallest absolute Gasteiger partial charge is 0.299 e. The molecule has 0 unspecified atom stereocenters. The molecule has 0 atom stereocenters. The van der Waals surface area contributed by atoms with Crippen LogP contribution in [0.1, 0.15) is 32.6 Å². The van der Waals surface area contributed by atoms with Gasteiger partial charge in [0.05, 0.1) is 6.21 Å². The number of hydrogen-bond donors (Lipinski definition) is 0. The van der Waals surface area contributed by atoms with E-state index in [0.717, 1.165) is 18.0 Å². The fourth-order valence-corrected chi connectivity index (χ4v) is 1.51. The van der Waals surface area contributed by atoms with Crippen molar-refractivity contribution in [3.8, 4) is 0 Å². The van der Waals surface area contributed by atoms with E-state index in [1.54, 1.807) is 6.08 Å². The van der Waals surface area contributed by atoms with E-state index in [4.69, 9.17) is 4.84 Å². The summed E-state index contributed by atoms with van der Waals surface area (Å²) >= 11 is 0. The number of hydrogen-bond acceptors (Lipinski definition) is 7.